The number of benzene rings is 2. The third-order valence-electron chi connectivity index (χ3n) is 5.08. The number of rotatable bonds is 11. The molecular weight excluding hydrogens is 486 g/mol. The van der Waals surface area contributed by atoms with Gasteiger partial charge in [0.05, 0.1) is 18.9 Å². The Morgan fingerprint density at radius 1 is 1.20 bits per heavy atom. The van der Waals surface area contributed by atoms with E-state index in [1.165, 1.54) is 11.8 Å². The minimum atomic E-state index is -0.397. The first-order valence-electron chi connectivity index (χ1n) is 11.0. The standard InChI is InChI=1S/C25H28ClN5O3S/c1-5-13-31-23(22(16(2)3)28-24(33)17-9-11-20(34-4)12-10-17)29-30-25(31)35-15-21(32)27-19-8-6-7-18(26)14-19/h5-12,14,16,22H,1,13,15H2,2-4H3,(H,27,32)(H,28,33)/t22-/m1/s1. The molecule has 3 rings (SSSR count). The van der Waals surface area contributed by atoms with E-state index in [2.05, 4.69) is 27.4 Å². The molecule has 0 radical (unpaired) electrons. The van der Waals surface area contributed by atoms with Crippen molar-refractivity contribution in [3.63, 3.8) is 0 Å². The second kappa shape index (κ2) is 12.4. The van der Waals surface area contributed by atoms with E-state index in [0.29, 0.717) is 39.5 Å². The topological polar surface area (TPSA) is 98.1 Å². The van der Waals surface area contributed by atoms with Gasteiger partial charge in [-0.1, -0.05) is 49.4 Å². The van der Waals surface area contributed by atoms with Crippen LogP contribution in [0.25, 0.3) is 0 Å². The van der Waals surface area contributed by atoms with Crippen molar-refractivity contribution in [2.24, 2.45) is 5.92 Å². The summed E-state index contributed by atoms with van der Waals surface area (Å²) in [4.78, 5) is 25.4. The van der Waals surface area contributed by atoms with Crippen LogP contribution in [-0.4, -0.2) is 39.4 Å². The molecule has 2 aromatic carbocycles. The summed E-state index contributed by atoms with van der Waals surface area (Å²) < 4.78 is 7.03. The number of hydrogen-bond donors (Lipinski definition) is 2. The third-order valence-corrected chi connectivity index (χ3v) is 6.28. The monoisotopic (exact) mass is 513 g/mol. The Morgan fingerprint density at radius 2 is 1.94 bits per heavy atom. The maximum Gasteiger partial charge on any atom is 0.251 e. The van der Waals surface area contributed by atoms with Crippen molar-refractivity contribution >= 4 is 40.9 Å². The molecule has 0 saturated heterocycles. The summed E-state index contributed by atoms with van der Waals surface area (Å²) in [5.41, 5.74) is 1.14. The van der Waals surface area contributed by atoms with Crippen LogP contribution in [0.5, 0.6) is 5.75 Å². The highest BCUT2D eigenvalue weighted by molar-refractivity contribution is 7.99. The van der Waals surface area contributed by atoms with Crippen molar-refractivity contribution in [3.8, 4) is 5.75 Å². The van der Waals surface area contributed by atoms with Crippen molar-refractivity contribution in [1.82, 2.24) is 20.1 Å². The minimum absolute atomic E-state index is 0.0361. The van der Waals surface area contributed by atoms with Crippen LogP contribution in [0.2, 0.25) is 5.02 Å². The number of ether oxygens (including phenoxy) is 1. The predicted molar refractivity (Wildman–Crippen MR) is 139 cm³/mol. The Labute approximate surface area is 214 Å². The lowest BCUT2D eigenvalue weighted by Crippen LogP contribution is -2.33. The van der Waals surface area contributed by atoms with Crippen LogP contribution >= 0.6 is 23.4 Å². The lowest BCUT2D eigenvalue weighted by atomic mass is 10.0. The molecule has 0 bridgehead atoms. The van der Waals surface area contributed by atoms with Crippen LogP contribution in [0.3, 0.4) is 0 Å². The molecule has 2 N–H and O–H groups in total. The van der Waals surface area contributed by atoms with E-state index in [1.54, 1.807) is 61.7 Å². The van der Waals surface area contributed by atoms with Crippen molar-refractivity contribution < 1.29 is 14.3 Å². The summed E-state index contributed by atoms with van der Waals surface area (Å²) in [5, 5.41) is 15.6. The fourth-order valence-corrected chi connectivity index (χ4v) is 4.27. The van der Waals surface area contributed by atoms with Gasteiger partial charge in [-0.15, -0.1) is 16.8 Å². The first kappa shape index (κ1) is 26.3. The van der Waals surface area contributed by atoms with Gasteiger partial charge in [0.1, 0.15) is 5.75 Å². The van der Waals surface area contributed by atoms with E-state index in [9.17, 15) is 9.59 Å². The quantitative estimate of drug-likeness (QED) is 0.277. The minimum Gasteiger partial charge on any atom is -0.497 e. The molecule has 0 saturated carbocycles. The second-order valence-electron chi connectivity index (χ2n) is 8.01. The van der Waals surface area contributed by atoms with Gasteiger partial charge in [-0.2, -0.15) is 0 Å². The summed E-state index contributed by atoms with van der Waals surface area (Å²) in [6, 6.07) is 13.5. The van der Waals surface area contributed by atoms with E-state index < -0.39 is 6.04 Å². The number of allylic oxidation sites excluding steroid dienone is 1. The van der Waals surface area contributed by atoms with E-state index >= 15 is 0 Å². The Kier molecular flexibility index (Phi) is 9.33. The molecule has 10 heteroatoms. The van der Waals surface area contributed by atoms with E-state index in [4.69, 9.17) is 16.3 Å². The molecule has 35 heavy (non-hydrogen) atoms. The molecule has 0 aliphatic heterocycles. The highest BCUT2D eigenvalue weighted by Crippen LogP contribution is 2.26. The molecule has 0 spiro atoms. The number of carbonyl (C=O) groups excluding carboxylic acids is 2. The summed E-state index contributed by atoms with van der Waals surface area (Å²) in [5.74, 6) is 1.02. The normalized spacial score (nSPS) is 11.7. The van der Waals surface area contributed by atoms with Crippen molar-refractivity contribution in [2.45, 2.75) is 31.6 Å². The van der Waals surface area contributed by atoms with Crippen LogP contribution in [-0.2, 0) is 11.3 Å². The van der Waals surface area contributed by atoms with Gasteiger partial charge in [-0.05, 0) is 48.4 Å². The lowest BCUT2D eigenvalue weighted by Gasteiger charge is -2.22. The highest BCUT2D eigenvalue weighted by atomic mass is 35.5. The Hall–Kier alpha value is -3.30. The van der Waals surface area contributed by atoms with Gasteiger partial charge >= 0.3 is 0 Å². The summed E-state index contributed by atoms with van der Waals surface area (Å²) >= 11 is 7.24. The molecule has 2 amide bonds. The number of aromatic nitrogens is 3. The molecule has 1 aromatic heterocycles. The lowest BCUT2D eigenvalue weighted by molar-refractivity contribution is -0.113. The molecule has 0 unspecified atom stereocenters. The maximum absolute atomic E-state index is 12.9. The third kappa shape index (κ3) is 7.10. The number of anilines is 1. The molecule has 8 nitrogen and oxygen atoms in total. The number of nitrogens with zero attached hydrogens (tertiary/aromatic N) is 3. The van der Waals surface area contributed by atoms with Gasteiger partial charge in [-0.25, -0.2) is 0 Å². The van der Waals surface area contributed by atoms with Crippen molar-refractivity contribution in [2.75, 3.05) is 18.2 Å². The zero-order valence-corrected chi connectivity index (χ0v) is 21.4. The van der Waals surface area contributed by atoms with E-state index in [1.807, 2.05) is 18.4 Å². The zero-order valence-electron chi connectivity index (χ0n) is 19.8. The first-order chi connectivity index (χ1) is 16.8. The Balaban J connectivity index is 1.74. The molecule has 0 aliphatic rings. The molecule has 3 aromatic rings. The number of thioether (sulfide) groups is 1. The SMILES string of the molecule is C=CCn1c(SCC(=O)Nc2cccc(Cl)c2)nnc1[C@H](NC(=O)c1ccc(OC)cc1)C(C)C. The molecule has 184 valence electrons. The molecule has 1 heterocycles. The number of amides is 2. The van der Waals surface area contributed by atoms with E-state index in [-0.39, 0.29) is 23.5 Å². The number of halogens is 1. The van der Waals surface area contributed by atoms with Gasteiger partial charge in [0.2, 0.25) is 5.91 Å². The van der Waals surface area contributed by atoms with Gasteiger partial charge < -0.3 is 19.9 Å². The molecule has 0 aliphatic carbocycles. The zero-order chi connectivity index (χ0) is 25.4. The van der Waals surface area contributed by atoms with E-state index in [0.717, 1.165) is 0 Å². The fraction of sp³-hybridized carbons (Fsp3) is 0.280. The van der Waals surface area contributed by atoms with Crippen LogP contribution < -0.4 is 15.4 Å². The average Bonchev–Trinajstić information content (AvgIpc) is 3.23. The number of carbonyl (C=O) groups is 2. The largest absolute Gasteiger partial charge is 0.497 e. The van der Waals surface area contributed by atoms with Crippen LogP contribution in [0.1, 0.15) is 36.1 Å². The first-order valence-corrected chi connectivity index (χ1v) is 12.4. The van der Waals surface area contributed by atoms with Gasteiger partial charge in [0.15, 0.2) is 11.0 Å². The van der Waals surface area contributed by atoms with Gasteiger partial charge in [-0.3, -0.25) is 9.59 Å². The average molecular weight is 514 g/mol. The summed E-state index contributed by atoms with van der Waals surface area (Å²) in [7, 11) is 1.58. The number of hydrogen-bond acceptors (Lipinski definition) is 6. The van der Waals surface area contributed by atoms with Crippen LogP contribution in [0.4, 0.5) is 5.69 Å². The summed E-state index contributed by atoms with van der Waals surface area (Å²) in [6.45, 7) is 8.26. The Bertz CT molecular complexity index is 1180. The fourth-order valence-electron chi connectivity index (χ4n) is 3.33. The number of nitrogens with one attached hydrogen (secondary N) is 2. The highest BCUT2D eigenvalue weighted by Gasteiger charge is 2.26. The summed E-state index contributed by atoms with van der Waals surface area (Å²) in [6.07, 6.45) is 1.73. The molecule has 0 fully saturated rings. The molecular formula is C25H28ClN5O3S. The maximum atomic E-state index is 12.9. The van der Waals surface area contributed by atoms with Gasteiger partial charge in [0.25, 0.3) is 5.91 Å². The smallest absolute Gasteiger partial charge is 0.251 e. The second-order valence-corrected chi connectivity index (χ2v) is 9.39. The van der Waals surface area contributed by atoms with Crippen LogP contribution in [0.15, 0.2) is 66.3 Å². The molecule has 1 atom stereocenters. The van der Waals surface area contributed by atoms with Crippen molar-refractivity contribution in [3.05, 3.63) is 77.6 Å². The number of methoxy groups -OCH3 is 1. The van der Waals surface area contributed by atoms with Crippen LogP contribution in [0, 0.1) is 5.92 Å². The predicted octanol–water partition coefficient (Wildman–Crippen LogP) is 4.98. The Morgan fingerprint density at radius 3 is 2.57 bits per heavy atom. The van der Waals surface area contributed by atoms with Crippen molar-refractivity contribution in [1.29, 1.82) is 0 Å². The van der Waals surface area contributed by atoms with Gasteiger partial charge in [0, 0.05) is 22.8 Å².